The molecule has 1 N–H and O–H groups in total. The molecule has 0 saturated heterocycles. The summed E-state index contributed by atoms with van der Waals surface area (Å²) in [5.74, 6) is -1.72. The number of carbonyl (C=O) groups is 1. The van der Waals surface area contributed by atoms with Crippen LogP contribution in [0.15, 0.2) is 18.3 Å². The zero-order chi connectivity index (χ0) is 15.5. The van der Waals surface area contributed by atoms with E-state index in [-0.39, 0.29) is 31.6 Å². The van der Waals surface area contributed by atoms with Gasteiger partial charge in [-0.1, -0.05) is 0 Å². The number of amides is 1. The largest absolute Gasteiger partial charge is 0.391 e. The fourth-order valence-corrected chi connectivity index (χ4v) is 2.45. The van der Waals surface area contributed by atoms with Crippen molar-refractivity contribution >= 4 is 11.7 Å². The molecule has 4 nitrogen and oxygen atoms in total. The molecule has 1 aromatic heterocycles. The molecule has 0 aliphatic heterocycles. The first-order chi connectivity index (χ1) is 9.90. The van der Waals surface area contributed by atoms with Crippen molar-refractivity contribution in [2.24, 2.45) is 11.8 Å². The molecule has 1 aromatic rings. The van der Waals surface area contributed by atoms with Gasteiger partial charge in [-0.2, -0.15) is 18.4 Å². The molecule has 1 amide bonds. The number of hydrogen-bond acceptors (Lipinski definition) is 3. The first-order valence-electron chi connectivity index (χ1n) is 6.64. The number of aromatic nitrogens is 1. The highest BCUT2D eigenvalue weighted by Crippen LogP contribution is 2.39. The van der Waals surface area contributed by atoms with Crippen LogP contribution in [0.5, 0.6) is 0 Å². The van der Waals surface area contributed by atoms with E-state index in [1.165, 1.54) is 18.3 Å². The molecule has 0 atom stereocenters. The van der Waals surface area contributed by atoms with Crippen molar-refractivity contribution in [2.45, 2.75) is 31.9 Å². The van der Waals surface area contributed by atoms with E-state index in [9.17, 15) is 18.0 Å². The van der Waals surface area contributed by atoms with Crippen LogP contribution in [0, 0.1) is 23.2 Å². The zero-order valence-corrected chi connectivity index (χ0v) is 11.2. The molecule has 2 rings (SSSR count). The van der Waals surface area contributed by atoms with Crippen molar-refractivity contribution in [2.75, 3.05) is 5.32 Å². The van der Waals surface area contributed by atoms with Crippen LogP contribution in [0.3, 0.4) is 0 Å². The highest BCUT2D eigenvalue weighted by Gasteiger charge is 2.42. The minimum absolute atomic E-state index is 0.0115. The lowest BCUT2D eigenvalue weighted by Gasteiger charge is -2.28. The number of hydrogen-bond donors (Lipinski definition) is 1. The van der Waals surface area contributed by atoms with Gasteiger partial charge in [0.05, 0.1) is 11.5 Å². The smallest absolute Gasteiger partial charge is 0.310 e. The summed E-state index contributed by atoms with van der Waals surface area (Å²) < 4.78 is 37.7. The topological polar surface area (TPSA) is 65.8 Å². The monoisotopic (exact) mass is 297 g/mol. The third kappa shape index (κ3) is 3.94. The van der Waals surface area contributed by atoms with Crippen LogP contribution >= 0.6 is 0 Å². The molecule has 112 valence electrons. The first kappa shape index (κ1) is 15.3. The van der Waals surface area contributed by atoms with Gasteiger partial charge in [-0.3, -0.25) is 4.79 Å². The van der Waals surface area contributed by atoms with Gasteiger partial charge in [-0.15, -0.1) is 0 Å². The molecule has 1 aliphatic carbocycles. The molecular weight excluding hydrogens is 283 g/mol. The number of nitriles is 1. The number of nitrogens with one attached hydrogen (secondary N) is 1. The van der Waals surface area contributed by atoms with Crippen molar-refractivity contribution in [3.05, 3.63) is 23.9 Å². The van der Waals surface area contributed by atoms with Gasteiger partial charge >= 0.3 is 6.18 Å². The van der Waals surface area contributed by atoms with Crippen molar-refractivity contribution in [3.63, 3.8) is 0 Å². The molecule has 0 aromatic carbocycles. The summed E-state index contributed by atoms with van der Waals surface area (Å²) in [7, 11) is 0. The minimum Gasteiger partial charge on any atom is -0.310 e. The summed E-state index contributed by atoms with van der Waals surface area (Å²) in [6.45, 7) is 0. The lowest BCUT2D eigenvalue weighted by atomic mass is 9.81. The number of nitrogens with zero attached hydrogens (tertiary/aromatic N) is 2. The van der Waals surface area contributed by atoms with Gasteiger partial charge in [0.2, 0.25) is 5.91 Å². The summed E-state index contributed by atoms with van der Waals surface area (Å²) in [4.78, 5) is 15.9. The predicted octanol–water partition coefficient (Wildman–Crippen LogP) is 3.26. The summed E-state index contributed by atoms with van der Waals surface area (Å²) in [5.41, 5.74) is 0.374. The average molecular weight is 297 g/mol. The van der Waals surface area contributed by atoms with Gasteiger partial charge in [-0.05, 0) is 37.8 Å². The highest BCUT2D eigenvalue weighted by molar-refractivity contribution is 5.91. The van der Waals surface area contributed by atoms with Crippen LogP contribution in [0.25, 0.3) is 0 Å². The normalized spacial score (nSPS) is 22.4. The molecule has 1 heterocycles. The average Bonchev–Trinajstić information content (AvgIpc) is 2.47. The number of pyridine rings is 1. The lowest BCUT2D eigenvalue weighted by Crippen LogP contribution is -2.32. The van der Waals surface area contributed by atoms with E-state index in [1.54, 1.807) is 0 Å². The summed E-state index contributed by atoms with van der Waals surface area (Å²) in [6, 6.07) is 4.92. The van der Waals surface area contributed by atoms with E-state index in [2.05, 4.69) is 10.3 Å². The first-order valence-corrected chi connectivity index (χ1v) is 6.64. The van der Waals surface area contributed by atoms with Crippen LogP contribution in [-0.4, -0.2) is 17.1 Å². The number of anilines is 1. The maximum absolute atomic E-state index is 12.6. The van der Waals surface area contributed by atoms with Gasteiger partial charge in [-0.25, -0.2) is 4.98 Å². The maximum Gasteiger partial charge on any atom is 0.391 e. The minimum atomic E-state index is -4.17. The predicted molar refractivity (Wildman–Crippen MR) is 69.1 cm³/mol. The Morgan fingerprint density at radius 2 is 1.95 bits per heavy atom. The van der Waals surface area contributed by atoms with Crippen LogP contribution in [0.2, 0.25) is 0 Å². The number of rotatable bonds is 2. The summed E-state index contributed by atoms with van der Waals surface area (Å²) in [6.07, 6.45) is -2.41. The third-order valence-electron chi connectivity index (χ3n) is 3.70. The van der Waals surface area contributed by atoms with E-state index in [4.69, 9.17) is 5.26 Å². The van der Waals surface area contributed by atoms with Gasteiger partial charge in [0.25, 0.3) is 0 Å². The maximum atomic E-state index is 12.6. The van der Waals surface area contributed by atoms with Crippen molar-refractivity contribution in [3.8, 4) is 6.07 Å². The Hall–Kier alpha value is -2.10. The Morgan fingerprint density at radius 1 is 1.29 bits per heavy atom. The molecule has 1 aliphatic rings. The van der Waals surface area contributed by atoms with Crippen molar-refractivity contribution < 1.29 is 18.0 Å². The summed E-state index contributed by atoms with van der Waals surface area (Å²) in [5, 5.41) is 11.2. The molecule has 21 heavy (non-hydrogen) atoms. The van der Waals surface area contributed by atoms with E-state index >= 15 is 0 Å². The van der Waals surface area contributed by atoms with Crippen LogP contribution in [-0.2, 0) is 4.79 Å². The van der Waals surface area contributed by atoms with E-state index in [0.29, 0.717) is 11.4 Å². The van der Waals surface area contributed by atoms with Crippen molar-refractivity contribution in [1.82, 2.24) is 4.98 Å². The molecular formula is C14H14F3N3O. The molecule has 0 radical (unpaired) electrons. The quantitative estimate of drug-likeness (QED) is 0.911. The van der Waals surface area contributed by atoms with E-state index in [0.717, 1.165) is 0 Å². The Balaban J connectivity index is 1.89. The molecule has 0 unspecified atom stereocenters. The molecule has 1 fully saturated rings. The van der Waals surface area contributed by atoms with E-state index < -0.39 is 18.0 Å². The second-order valence-corrected chi connectivity index (χ2v) is 5.12. The van der Waals surface area contributed by atoms with Crippen molar-refractivity contribution in [1.29, 1.82) is 5.26 Å². The molecule has 0 spiro atoms. The zero-order valence-electron chi connectivity index (χ0n) is 11.2. The molecule has 1 saturated carbocycles. The van der Waals surface area contributed by atoms with Crippen LogP contribution < -0.4 is 5.32 Å². The summed E-state index contributed by atoms with van der Waals surface area (Å²) >= 11 is 0. The number of halogens is 3. The number of carbonyl (C=O) groups excluding carboxylic acids is 1. The third-order valence-corrected chi connectivity index (χ3v) is 3.70. The Morgan fingerprint density at radius 3 is 2.43 bits per heavy atom. The fraction of sp³-hybridized carbons (Fsp3) is 0.500. The SMILES string of the molecule is N#Cc1ccc(NC(=O)C2CCC(C(F)(F)F)CC2)nc1. The van der Waals surface area contributed by atoms with Crippen LogP contribution in [0.1, 0.15) is 31.2 Å². The molecule has 0 bridgehead atoms. The standard InChI is InChI=1S/C14H14F3N3O/c15-14(16,17)11-4-2-10(3-5-11)13(21)20-12-6-1-9(7-18)8-19-12/h1,6,8,10-11H,2-5H2,(H,19,20,21). The van der Waals surface area contributed by atoms with Gasteiger partial charge in [0.1, 0.15) is 11.9 Å². The molecule has 7 heteroatoms. The lowest BCUT2D eigenvalue weighted by molar-refractivity contribution is -0.184. The second-order valence-electron chi connectivity index (χ2n) is 5.12. The number of alkyl halides is 3. The van der Waals surface area contributed by atoms with E-state index in [1.807, 2.05) is 6.07 Å². The Bertz CT molecular complexity index is 540. The van der Waals surface area contributed by atoms with Gasteiger partial charge in [0.15, 0.2) is 0 Å². The fourth-order valence-electron chi connectivity index (χ4n) is 2.45. The van der Waals surface area contributed by atoms with Gasteiger partial charge < -0.3 is 5.32 Å². The highest BCUT2D eigenvalue weighted by atomic mass is 19.4. The van der Waals surface area contributed by atoms with Crippen LogP contribution in [0.4, 0.5) is 19.0 Å². The Labute approximate surface area is 120 Å². The van der Waals surface area contributed by atoms with Gasteiger partial charge in [0, 0.05) is 12.1 Å². The Kier molecular flexibility index (Phi) is 4.46. The second kappa shape index (κ2) is 6.12.